The van der Waals surface area contributed by atoms with Crippen LogP contribution in [0.2, 0.25) is 0 Å². The number of aryl methyl sites for hydroxylation is 1. The van der Waals surface area contributed by atoms with Crippen LogP contribution >= 0.6 is 0 Å². The minimum atomic E-state index is -1.34. The van der Waals surface area contributed by atoms with Gasteiger partial charge in [-0.1, -0.05) is 42.5 Å². The third kappa shape index (κ3) is 2.30. The lowest BCUT2D eigenvalue weighted by Gasteiger charge is -2.18. The minimum absolute atomic E-state index is 0.308. The predicted octanol–water partition coefficient (Wildman–Crippen LogP) is 4.51. The van der Waals surface area contributed by atoms with E-state index in [1.54, 1.807) is 0 Å². The number of hydrogen-bond donors (Lipinski definition) is 1. The molecule has 0 spiro atoms. The lowest BCUT2D eigenvalue weighted by molar-refractivity contribution is 0.210. The normalized spacial score (nSPS) is 12.6. The smallest absolute Gasteiger partial charge is 0.132 e. The molecule has 0 saturated carbocycles. The van der Waals surface area contributed by atoms with Crippen molar-refractivity contribution in [1.29, 1.82) is 0 Å². The number of hydrogen-bond acceptors (Lipinski definition) is 1. The average Bonchev–Trinajstić information content (AvgIpc) is 2.46. The number of fused-ring (bicyclic) bond motifs is 1. The maximum atomic E-state index is 13.9. The molecule has 0 saturated heterocycles. The second-order valence-electron chi connectivity index (χ2n) is 5.06. The highest BCUT2D eigenvalue weighted by atomic mass is 19.1. The SMILES string of the molecule is Cc1ccc2ccccc2c1C(O)c1c(F)cccc1F. The summed E-state index contributed by atoms with van der Waals surface area (Å²) < 4.78 is 27.8. The van der Waals surface area contributed by atoms with Crippen molar-refractivity contribution < 1.29 is 13.9 Å². The first kappa shape index (κ1) is 13.7. The van der Waals surface area contributed by atoms with Crippen molar-refractivity contribution in [2.75, 3.05) is 0 Å². The fourth-order valence-electron chi connectivity index (χ4n) is 2.68. The van der Waals surface area contributed by atoms with Crippen LogP contribution in [0.1, 0.15) is 22.8 Å². The third-order valence-electron chi connectivity index (χ3n) is 3.74. The van der Waals surface area contributed by atoms with E-state index in [2.05, 4.69) is 0 Å². The Labute approximate surface area is 121 Å². The molecule has 1 atom stereocenters. The molecule has 0 amide bonds. The molecule has 0 aromatic heterocycles. The quantitative estimate of drug-likeness (QED) is 0.734. The Morgan fingerprint density at radius 3 is 2.19 bits per heavy atom. The Hall–Kier alpha value is -2.26. The Balaban J connectivity index is 2.27. The zero-order chi connectivity index (χ0) is 15.0. The zero-order valence-electron chi connectivity index (χ0n) is 11.5. The van der Waals surface area contributed by atoms with Crippen molar-refractivity contribution in [3.8, 4) is 0 Å². The molecule has 1 unspecified atom stereocenters. The van der Waals surface area contributed by atoms with E-state index in [4.69, 9.17) is 0 Å². The highest BCUT2D eigenvalue weighted by molar-refractivity contribution is 5.87. The van der Waals surface area contributed by atoms with Gasteiger partial charge in [-0.3, -0.25) is 0 Å². The zero-order valence-corrected chi connectivity index (χ0v) is 11.5. The topological polar surface area (TPSA) is 20.2 Å². The average molecular weight is 284 g/mol. The molecule has 0 aliphatic carbocycles. The molecule has 0 aliphatic heterocycles. The lowest BCUT2D eigenvalue weighted by Crippen LogP contribution is -2.08. The fraction of sp³-hybridized carbons (Fsp3) is 0.111. The van der Waals surface area contributed by atoms with E-state index < -0.39 is 17.7 Å². The summed E-state index contributed by atoms with van der Waals surface area (Å²) in [5, 5.41) is 12.3. The maximum absolute atomic E-state index is 13.9. The van der Waals surface area contributed by atoms with Gasteiger partial charge in [-0.05, 0) is 41.0 Å². The molecular weight excluding hydrogens is 270 g/mol. The van der Waals surface area contributed by atoms with Gasteiger partial charge >= 0.3 is 0 Å². The first-order valence-corrected chi connectivity index (χ1v) is 6.70. The van der Waals surface area contributed by atoms with Crippen molar-refractivity contribution in [3.05, 3.63) is 82.9 Å². The van der Waals surface area contributed by atoms with Gasteiger partial charge < -0.3 is 5.11 Å². The molecule has 3 rings (SSSR count). The Kier molecular flexibility index (Phi) is 3.43. The summed E-state index contributed by atoms with van der Waals surface area (Å²) in [4.78, 5) is 0. The molecular formula is C18H14F2O. The number of aliphatic hydroxyl groups is 1. The number of aliphatic hydroxyl groups excluding tert-OH is 1. The molecule has 3 aromatic rings. The number of benzene rings is 3. The molecule has 1 N–H and O–H groups in total. The van der Waals surface area contributed by atoms with Crippen LogP contribution in [-0.2, 0) is 0 Å². The summed E-state index contributed by atoms with van der Waals surface area (Å²) in [6.07, 6.45) is -1.34. The van der Waals surface area contributed by atoms with Gasteiger partial charge in [-0.25, -0.2) is 8.78 Å². The highest BCUT2D eigenvalue weighted by Crippen LogP contribution is 2.33. The van der Waals surface area contributed by atoms with Crippen molar-refractivity contribution in [1.82, 2.24) is 0 Å². The second kappa shape index (κ2) is 5.26. The van der Waals surface area contributed by atoms with Gasteiger partial charge in [0, 0.05) is 0 Å². The molecule has 0 heterocycles. The van der Waals surface area contributed by atoms with Crippen LogP contribution in [0.15, 0.2) is 54.6 Å². The summed E-state index contributed by atoms with van der Waals surface area (Å²) in [5.74, 6) is -1.48. The van der Waals surface area contributed by atoms with Gasteiger partial charge in [0.2, 0.25) is 0 Å². The van der Waals surface area contributed by atoms with E-state index in [0.29, 0.717) is 5.56 Å². The van der Waals surface area contributed by atoms with Gasteiger partial charge in [0.25, 0.3) is 0 Å². The van der Waals surface area contributed by atoms with Gasteiger partial charge in [-0.2, -0.15) is 0 Å². The van der Waals surface area contributed by atoms with E-state index in [1.807, 2.05) is 43.3 Å². The summed E-state index contributed by atoms with van der Waals surface area (Å²) in [6.45, 7) is 1.82. The van der Waals surface area contributed by atoms with Gasteiger partial charge in [0.05, 0.1) is 5.56 Å². The molecule has 0 aliphatic rings. The Bertz CT molecular complexity index is 791. The van der Waals surface area contributed by atoms with E-state index in [0.717, 1.165) is 28.5 Å². The monoisotopic (exact) mass is 284 g/mol. The lowest BCUT2D eigenvalue weighted by atomic mass is 9.91. The van der Waals surface area contributed by atoms with Crippen molar-refractivity contribution in [2.45, 2.75) is 13.0 Å². The Morgan fingerprint density at radius 1 is 0.810 bits per heavy atom. The number of halogens is 2. The fourth-order valence-corrected chi connectivity index (χ4v) is 2.68. The molecule has 0 bridgehead atoms. The first-order valence-electron chi connectivity index (χ1n) is 6.70. The van der Waals surface area contributed by atoms with Crippen LogP contribution < -0.4 is 0 Å². The Morgan fingerprint density at radius 2 is 1.48 bits per heavy atom. The first-order chi connectivity index (χ1) is 10.1. The highest BCUT2D eigenvalue weighted by Gasteiger charge is 2.22. The molecule has 3 aromatic carbocycles. The third-order valence-corrected chi connectivity index (χ3v) is 3.74. The molecule has 1 nitrogen and oxygen atoms in total. The van der Waals surface area contributed by atoms with E-state index in [9.17, 15) is 13.9 Å². The van der Waals surface area contributed by atoms with Gasteiger partial charge in [0.15, 0.2) is 0 Å². The molecule has 0 radical (unpaired) electrons. The van der Waals surface area contributed by atoms with Crippen LogP contribution in [0, 0.1) is 18.6 Å². The van der Waals surface area contributed by atoms with Crippen molar-refractivity contribution in [2.24, 2.45) is 0 Å². The largest absolute Gasteiger partial charge is 0.383 e. The summed E-state index contributed by atoms with van der Waals surface area (Å²) >= 11 is 0. The molecule has 21 heavy (non-hydrogen) atoms. The van der Waals surface area contributed by atoms with Crippen LogP contribution in [0.4, 0.5) is 8.78 Å². The van der Waals surface area contributed by atoms with Crippen molar-refractivity contribution >= 4 is 10.8 Å². The molecule has 106 valence electrons. The molecule has 3 heteroatoms. The van der Waals surface area contributed by atoms with Crippen LogP contribution in [0.3, 0.4) is 0 Å². The summed E-state index contributed by atoms with van der Waals surface area (Å²) in [7, 11) is 0. The van der Waals surface area contributed by atoms with Crippen LogP contribution in [0.25, 0.3) is 10.8 Å². The maximum Gasteiger partial charge on any atom is 0.132 e. The summed E-state index contributed by atoms with van der Waals surface area (Å²) in [6, 6.07) is 14.9. The predicted molar refractivity (Wildman–Crippen MR) is 79.1 cm³/mol. The van der Waals surface area contributed by atoms with Crippen LogP contribution in [0.5, 0.6) is 0 Å². The van der Waals surface area contributed by atoms with E-state index in [-0.39, 0.29) is 5.56 Å². The van der Waals surface area contributed by atoms with Crippen LogP contribution in [-0.4, -0.2) is 5.11 Å². The van der Waals surface area contributed by atoms with E-state index in [1.165, 1.54) is 6.07 Å². The van der Waals surface area contributed by atoms with Gasteiger partial charge in [-0.15, -0.1) is 0 Å². The molecule has 0 fully saturated rings. The number of rotatable bonds is 2. The van der Waals surface area contributed by atoms with Gasteiger partial charge in [0.1, 0.15) is 17.7 Å². The summed E-state index contributed by atoms with van der Waals surface area (Å²) in [5.41, 5.74) is 1.03. The van der Waals surface area contributed by atoms with Crippen molar-refractivity contribution in [3.63, 3.8) is 0 Å². The minimum Gasteiger partial charge on any atom is -0.383 e. The standard InChI is InChI=1S/C18H14F2O/c1-11-9-10-12-5-2-3-6-13(12)16(11)18(21)17-14(19)7-4-8-15(17)20/h2-10,18,21H,1H3. The van der Waals surface area contributed by atoms with E-state index >= 15 is 0 Å². The second-order valence-corrected chi connectivity index (χ2v) is 5.06.